The predicted molar refractivity (Wildman–Crippen MR) is 57.8 cm³/mol. The molecule has 0 N–H and O–H groups in total. The average molecular weight is 188 g/mol. The minimum Gasteiger partial charge on any atom is -0.298 e. The fourth-order valence-electron chi connectivity index (χ4n) is 2.45. The highest BCUT2D eigenvalue weighted by Gasteiger charge is 2.21. The largest absolute Gasteiger partial charge is 0.298 e. The van der Waals surface area contributed by atoms with Crippen molar-refractivity contribution in [2.75, 3.05) is 0 Å². The zero-order valence-corrected chi connectivity index (χ0v) is 8.62. The second kappa shape index (κ2) is 3.95. The smallest absolute Gasteiger partial charge is 0.150 e. The van der Waals surface area contributed by atoms with Crippen LogP contribution >= 0.6 is 0 Å². The van der Waals surface area contributed by atoms with E-state index in [4.69, 9.17) is 0 Å². The molecule has 1 nitrogen and oxygen atoms in total. The van der Waals surface area contributed by atoms with Gasteiger partial charge in [0.15, 0.2) is 0 Å². The lowest BCUT2D eigenvalue weighted by atomic mass is 9.96. The van der Waals surface area contributed by atoms with Crippen LogP contribution in [0.2, 0.25) is 0 Å². The molecule has 0 saturated carbocycles. The SMILES string of the molecule is CCCC1CCc2cc(C=O)ccc21. The Kier molecular flexibility index (Phi) is 2.67. The molecular weight excluding hydrogens is 172 g/mol. The summed E-state index contributed by atoms with van der Waals surface area (Å²) in [5.74, 6) is 0.746. The van der Waals surface area contributed by atoms with Gasteiger partial charge in [0.1, 0.15) is 6.29 Å². The van der Waals surface area contributed by atoms with Crippen molar-refractivity contribution in [1.82, 2.24) is 0 Å². The van der Waals surface area contributed by atoms with Gasteiger partial charge in [0, 0.05) is 5.56 Å². The number of rotatable bonds is 3. The second-order valence-corrected chi connectivity index (χ2v) is 4.10. The molecule has 1 aromatic carbocycles. The second-order valence-electron chi connectivity index (χ2n) is 4.10. The zero-order valence-electron chi connectivity index (χ0n) is 8.62. The number of aryl methyl sites for hydroxylation is 1. The van der Waals surface area contributed by atoms with E-state index in [1.54, 1.807) is 0 Å². The zero-order chi connectivity index (χ0) is 9.97. The van der Waals surface area contributed by atoms with E-state index in [9.17, 15) is 4.79 Å². The first kappa shape index (κ1) is 9.45. The molecule has 1 aromatic rings. The summed E-state index contributed by atoms with van der Waals surface area (Å²) in [6.07, 6.45) is 5.90. The molecule has 0 fully saturated rings. The minimum atomic E-state index is 0.746. The van der Waals surface area contributed by atoms with E-state index >= 15 is 0 Å². The van der Waals surface area contributed by atoms with Gasteiger partial charge in [-0.3, -0.25) is 4.79 Å². The van der Waals surface area contributed by atoms with Gasteiger partial charge in [0.25, 0.3) is 0 Å². The summed E-state index contributed by atoms with van der Waals surface area (Å²) in [6, 6.07) is 6.14. The van der Waals surface area contributed by atoms with Gasteiger partial charge in [0.05, 0.1) is 0 Å². The van der Waals surface area contributed by atoms with Gasteiger partial charge < -0.3 is 0 Å². The number of benzene rings is 1. The topological polar surface area (TPSA) is 17.1 Å². The van der Waals surface area contributed by atoms with Crippen LogP contribution in [0.5, 0.6) is 0 Å². The molecule has 0 aliphatic heterocycles. The molecule has 0 heterocycles. The first-order valence-corrected chi connectivity index (χ1v) is 5.43. The first-order chi connectivity index (χ1) is 6.85. The van der Waals surface area contributed by atoms with Crippen molar-refractivity contribution in [1.29, 1.82) is 0 Å². The number of hydrogen-bond acceptors (Lipinski definition) is 1. The molecule has 1 heteroatoms. The van der Waals surface area contributed by atoms with E-state index in [0.717, 1.165) is 24.2 Å². The molecule has 0 bridgehead atoms. The summed E-state index contributed by atoms with van der Waals surface area (Å²) in [6.45, 7) is 2.23. The van der Waals surface area contributed by atoms with Crippen LogP contribution in [0.15, 0.2) is 18.2 Å². The summed E-state index contributed by atoms with van der Waals surface area (Å²) >= 11 is 0. The monoisotopic (exact) mass is 188 g/mol. The normalized spacial score (nSPS) is 19.4. The van der Waals surface area contributed by atoms with E-state index in [1.165, 1.54) is 30.4 Å². The van der Waals surface area contributed by atoms with Gasteiger partial charge in [0.2, 0.25) is 0 Å². The van der Waals surface area contributed by atoms with Crippen molar-refractivity contribution in [3.8, 4) is 0 Å². The Balaban J connectivity index is 2.28. The fraction of sp³-hybridized carbons (Fsp3) is 0.462. The summed E-state index contributed by atoms with van der Waals surface area (Å²) in [5, 5.41) is 0. The maximum Gasteiger partial charge on any atom is 0.150 e. The van der Waals surface area contributed by atoms with Crippen molar-refractivity contribution in [3.05, 3.63) is 34.9 Å². The summed E-state index contributed by atoms with van der Waals surface area (Å²) in [4.78, 5) is 10.6. The number of aldehydes is 1. The minimum absolute atomic E-state index is 0.746. The van der Waals surface area contributed by atoms with Gasteiger partial charge in [-0.15, -0.1) is 0 Å². The van der Waals surface area contributed by atoms with Crippen molar-refractivity contribution in [2.24, 2.45) is 0 Å². The molecule has 1 unspecified atom stereocenters. The molecule has 2 rings (SSSR count). The Hall–Kier alpha value is -1.11. The third-order valence-electron chi connectivity index (χ3n) is 3.14. The Bertz CT molecular complexity index is 341. The highest BCUT2D eigenvalue weighted by molar-refractivity contribution is 5.75. The van der Waals surface area contributed by atoms with Crippen LogP contribution in [0.3, 0.4) is 0 Å². The third-order valence-corrected chi connectivity index (χ3v) is 3.14. The highest BCUT2D eigenvalue weighted by atomic mass is 16.1. The Morgan fingerprint density at radius 3 is 3.07 bits per heavy atom. The predicted octanol–water partition coefficient (Wildman–Crippen LogP) is 3.33. The Morgan fingerprint density at radius 2 is 2.36 bits per heavy atom. The lowest BCUT2D eigenvalue weighted by molar-refractivity contribution is 0.112. The molecule has 1 aliphatic carbocycles. The van der Waals surface area contributed by atoms with Crippen molar-refractivity contribution in [3.63, 3.8) is 0 Å². The molecule has 1 aliphatic rings. The first-order valence-electron chi connectivity index (χ1n) is 5.43. The summed E-state index contributed by atoms with van der Waals surface area (Å²) in [7, 11) is 0. The van der Waals surface area contributed by atoms with E-state index < -0.39 is 0 Å². The van der Waals surface area contributed by atoms with Crippen LogP contribution in [0, 0.1) is 0 Å². The van der Waals surface area contributed by atoms with E-state index in [0.29, 0.717) is 0 Å². The van der Waals surface area contributed by atoms with Gasteiger partial charge >= 0.3 is 0 Å². The number of fused-ring (bicyclic) bond motifs is 1. The standard InChI is InChI=1S/C13H16O/c1-2-3-11-5-6-12-8-10(9-14)4-7-13(11)12/h4,7-9,11H,2-3,5-6H2,1H3. The molecule has 14 heavy (non-hydrogen) atoms. The van der Waals surface area contributed by atoms with Crippen molar-refractivity contribution < 1.29 is 4.79 Å². The van der Waals surface area contributed by atoms with Crippen molar-refractivity contribution >= 4 is 6.29 Å². The number of hydrogen-bond donors (Lipinski definition) is 0. The van der Waals surface area contributed by atoms with Gasteiger partial charge in [-0.1, -0.05) is 25.5 Å². The molecule has 0 saturated heterocycles. The molecule has 0 spiro atoms. The lowest BCUT2D eigenvalue weighted by Crippen LogP contribution is -1.92. The van der Waals surface area contributed by atoms with E-state index in [2.05, 4.69) is 19.1 Å². The van der Waals surface area contributed by atoms with Crippen molar-refractivity contribution in [2.45, 2.75) is 38.5 Å². The molecular formula is C13H16O. The van der Waals surface area contributed by atoms with Gasteiger partial charge in [-0.25, -0.2) is 0 Å². The molecule has 0 radical (unpaired) electrons. The Labute approximate surface area is 85.1 Å². The van der Waals surface area contributed by atoms with Crippen LogP contribution in [-0.4, -0.2) is 6.29 Å². The third kappa shape index (κ3) is 1.59. The van der Waals surface area contributed by atoms with Crippen LogP contribution in [-0.2, 0) is 6.42 Å². The molecule has 0 aromatic heterocycles. The van der Waals surface area contributed by atoms with Crippen LogP contribution in [0.25, 0.3) is 0 Å². The van der Waals surface area contributed by atoms with Crippen LogP contribution < -0.4 is 0 Å². The van der Waals surface area contributed by atoms with Crippen LogP contribution in [0.1, 0.15) is 53.6 Å². The fourth-order valence-corrected chi connectivity index (χ4v) is 2.45. The molecule has 74 valence electrons. The van der Waals surface area contributed by atoms with E-state index in [1.807, 2.05) is 6.07 Å². The number of carbonyl (C=O) groups is 1. The summed E-state index contributed by atoms with van der Waals surface area (Å²) in [5.41, 5.74) is 3.70. The van der Waals surface area contributed by atoms with Gasteiger partial charge in [-0.2, -0.15) is 0 Å². The number of carbonyl (C=O) groups excluding carboxylic acids is 1. The van der Waals surface area contributed by atoms with Gasteiger partial charge in [-0.05, 0) is 42.4 Å². The lowest BCUT2D eigenvalue weighted by Gasteiger charge is -2.09. The average Bonchev–Trinajstić information content (AvgIpc) is 2.61. The summed E-state index contributed by atoms with van der Waals surface area (Å²) < 4.78 is 0. The maximum absolute atomic E-state index is 10.6. The quantitative estimate of drug-likeness (QED) is 0.665. The highest BCUT2D eigenvalue weighted by Crippen LogP contribution is 2.36. The maximum atomic E-state index is 10.6. The van der Waals surface area contributed by atoms with E-state index in [-0.39, 0.29) is 0 Å². The molecule has 1 atom stereocenters. The van der Waals surface area contributed by atoms with Crippen LogP contribution in [0.4, 0.5) is 0 Å². The molecule has 0 amide bonds. The Morgan fingerprint density at radius 1 is 1.50 bits per heavy atom.